The molecule has 2 aromatic carbocycles. The second-order valence-electron chi connectivity index (χ2n) is 4.66. The molecule has 0 aliphatic rings. The van der Waals surface area contributed by atoms with E-state index < -0.39 is 0 Å². The van der Waals surface area contributed by atoms with Crippen molar-refractivity contribution in [3.05, 3.63) is 65.9 Å². The summed E-state index contributed by atoms with van der Waals surface area (Å²) in [5, 5.41) is 10.5. The van der Waals surface area contributed by atoms with E-state index in [2.05, 4.69) is 40.5 Å². The van der Waals surface area contributed by atoms with E-state index in [1.165, 1.54) is 5.56 Å². The first-order valence-electron chi connectivity index (χ1n) is 6.46. The van der Waals surface area contributed by atoms with Crippen molar-refractivity contribution in [2.75, 3.05) is 0 Å². The van der Waals surface area contributed by atoms with Crippen LogP contribution >= 0.6 is 0 Å². The largest absolute Gasteiger partial charge is 0.489 e. The maximum atomic E-state index is 5.83. The quantitative estimate of drug-likeness (QED) is 0.787. The second-order valence-corrected chi connectivity index (χ2v) is 4.66. The molecule has 100 valence electrons. The fourth-order valence-corrected chi connectivity index (χ4v) is 2.05. The molecule has 0 aliphatic carbocycles. The lowest BCUT2D eigenvalue weighted by atomic mass is 10.1. The molecule has 0 aliphatic heterocycles. The Labute approximate surface area is 117 Å². The average molecular weight is 265 g/mol. The predicted molar refractivity (Wildman–Crippen MR) is 77.3 cm³/mol. The fraction of sp³-hybridized carbons (Fsp3) is 0.125. The number of rotatable bonds is 4. The van der Waals surface area contributed by atoms with Gasteiger partial charge < -0.3 is 4.74 Å². The Hall–Kier alpha value is -2.62. The third-order valence-electron chi connectivity index (χ3n) is 3.03. The highest BCUT2D eigenvalue weighted by Gasteiger charge is 2.03. The van der Waals surface area contributed by atoms with E-state index in [0.29, 0.717) is 6.61 Å². The van der Waals surface area contributed by atoms with Crippen molar-refractivity contribution in [1.82, 2.24) is 15.4 Å². The number of hydrogen-bond acceptors (Lipinski definition) is 3. The number of aryl methyl sites for hydroxylation is 1. The van der Waals surface area contributed by atoms with E-state index in [4.69, 9.17) is 4.74 Å². The Morgan fingerprint density at radius 3 is 2.80 bits per heavy atom. The highest BCUT2D eigenvalue weighted by molar-refractivity contribution is 5.59. The third kappa shape index (κ3) is 2.85. The maximum absolute atomic E-state index is 5.83. The molecule has 0 atom stereocenters. The van der Waals surface area contributed by atoms with Crippen molar-refractivity contribution in [1.29, 1.82) is 0 Å². The van der Waals surface area contributed by atoms with E-state index in [0.717, 1.165) is 22.6 Å². The standard InChI is InChI=1S/C16H15N3O/c1-12-4-2-5-13(8-12)11-20-15-7-3-6-14(9-15)16-10-17-19-18-16/h2-10H,11H2,1H3,(H,17,18,19). The zero-order chi connectivity index (χ0) is 13.8. The van der Waals surface area contributed by atoms with Crippen molar-refractivity contribution in [2.45, 2.75) is 13.5 Å². The predicted octanol–water partition coefficient (Wildman–Crippen LogP) is 3.36. The van der Waals surface area contributed by atoms with Gasteiger partial charge >= 0.3 is 0 Å². The summed E-state index contributed by atoms with van der Waals surface area (Å²) in [6, 6.07) is 16.2. The monoisotopic (exact) mass is 265 g/mol. The van der Waals surface area contributed by atoms with Crippen LogP contribution in [0.5, 0.6) is 5.75 Å². The van der Waals surface area contributed by atoms with Crippen molar-refractivity contribution in [3.63, 3.8) is 0 Å². The van der Waals surface area contributed by atoms with E-state index in [-0.39, 0.29) is 0 Å². The molecule has 1 heterocycles. The van der Waals surface area contributed by atoms with E-state index in [9.17, 15) is 0 Å². The van der Waals surface area contributed by atoms with Gasteiger partial charge in [0.25, 0.3) is 0 Å². The van der Waals surface area contributed by atoms with Gasteiger partial charge in [-0.3, -0.25) is 0 Å². The zero-order valence-corrected chi connectivity index (χ0v) is 11.2. The Morgan fingerprint density at radius 1 is 1.10 bits per heavy atom. The van der Waals surface area contributed by atoms with Crippen LogP contribution in [0, 0.1) is 6.92 Å². The fourth-order valence-electron chi connectivity index (χ4n) is 2.05. The lowest BCUT2D eigenvalue weighted by Crippen LogP contribution is -1.95. The molecule has 1 aromatic heterocycles. The van der Waals surface area contributed by atoms with Crippen LogP contribution in [-0.4, -0.2) is 15.4 Å². The Morgan fingerprint density at radius 2 is 2.00 bits per heavy atom. The maximum Gasteiger partial charge on any atom is 0.120 e. The van der Waals surface area contributed by atoms with Crippen LogP contribution in [-0.2, 0) is 6.61 Å². The summed E-state index contributed by atoms with van der Waals surface area (Å²) in [5.74, 6) is 0.826. The molecule has 0 fully saturated rings. The van der Waals surface area contributed by atoms with Crippen LogP contribution < -0.4 is 4.74 Å². The smallest absolute Gasteiger partial charge is 0.120 e. The number of H-pyrrole nitrogens is 1. The highest BCUT2D eigenvalue weighted by atomic mass is 16.5. The number of ether oxygens (including phenoxy) is 1. The van der Waals surface area contributed by atoms with Gasteiger partial charge in [0.1, 0.15) is 18.1 Å². The number of aromatic nitrogens is 3. The summed E-state index contributed by atoms with van der Waals surface area (Å²) >= 11 is 0. The van der Waals surface area contributed by atoms with Crippen molar-refractivity contribution in [3.8, 4) is 17.0 Å². The number of nitrogens with one attached hydrogen (secondary N) is 1. The summed E-state index contributed by atoms with van der Waals surface area (Å²) in [6.07, 6.45) is 1.69. The number of aromatic amines is 1. The molecule has 3 rings (SSSR count). The molecule has 1 N–H and O–H groups in total. The van der Waals surface area contributed by atoms with Crippen LogP contribution in [0.1, 0.15) is 11.1 Å². The summed E-state index contributed by atoms with van der Waals surface area (Å²) < 4.78 is 5.83. The zero-order valence-electron chi connectivity index (χ0n) is 11.2. The minimum atomic E-state index is 0.559. The average Bonchev–Trinajstić information content (AvgIpc) is 3.00. The first-order chi connectivity index (χ1) is 9.81. The van der Waals surface area contributed by atoms with Crippen molar-refractivity contribution in [2.24, 2.45) is 0 Å². The summed E-state index contributed by atoms with van der Waals surface area (Å²) in [4.78, 5) is 0. The van der Waals surface area contributed by atoms with Gasteiger partial charge in [0.15, 0.2) is 0 Å². The van der Waals surface area contributed by atoms with Crippen LogP contribution in [0.4, 0.5) is 0 Å². The van der Waals surface area contributed by atoms with Gasteiger partial charge in [-0.1, -0.05) is 42.0 Å². The molecule has 0 saturated carbocycles. The highest BCUT2D eigenvalue weighted by Crippen LogP contribution is 2.22. The molecule has 0 radical (unpaired) electrons. The van der Waals surface area contributed by atoms with Gasteiger partial charge in [0.05, 0.1) is 6.20 Å². The second kappa shape index (κ2) is 5.57. The molecule has 0 unspecified atom stereocenters. The van der Waals surface area contributed by atoms with Gasteiger partial charge in [-0.2, -0.15) is 15.4 Å². The van der Waals surface area contributed by atoms with Gasteiger partial charge in [0, 0.05) is 5.56 Å². The lowest BCUT2D eigenvalue weighted by molar-refractivity contribution is 0.306. The molecule has 0 saturated heterocycles. The van der Waals surface area contributed by atoms with Crippen molar-refractivity contribution < 1.29 is 4.74 Å². The molecular weight excluding hydrogens is 250 g/mol. The summed E-state index contributed by atoms with van der Waals surface area (Å²) in [5.41, 5.74) is 4.20. The molecular formula is C16H15N3O. The van der Waals surface area contributed by atoms with Gasteiger partial charge in [0.2, 0.25) is 0 Å². The van der Waals surface area contributed by atoms with Crippen LogP contribution in [0.25, 0.3) is 11.3 Å². The van der Waals surface area contributed by atoms with Gasteiger partial charge in [-0.15, -0.1) is 0 Å². The topological polar surface area (TPSA) is 50.8 Å². The minimum Gasteiger partial charge on any atom is -0.489 e. The molecule has 3 aromatic rings. The molecule has 4 heteroatoms. The van der Waals surface area contributed by atoms with Crippen LogP contribution in [0.3, 0.4) is 0 Å². The van der Waals surface area contributed by atoms with E-state index >= 15 is 0 Å². The molecule has 0 amide bonds. The van der Waals surface area contributed by atoms with Crippen LogP contribution in [0.2, 0.25) is 0 Å². The lowest BCUT2D eigenvalue weighted by Gasteiger charge is -2.08. The Bertz CT molecular complexity index is 692. The Balaban J connectivity index is 1.73. The van der Waals surface area contributed by atoms with E-state index in [1.54, 1.807) is 6.20 Å². The first-order valence-corrected chi connectivity index (χ1v) is 6.46. The number of benzene rings is 2. The number of nitrogens with zero attached hydrogens (tertiary/aromatic N) is 2. The summed E-state index contributed by atoms with van der Waals surface area (Å²) in [6.45, 7) is 2.64. The van der Waals surface area contributed by atoms with Gasteiger partial charge in [-0.25, -0.2) is 0 Å². The van der Waals surface area contributed by atoms with Gasteiger partial charge in [-0.05, 0) is 24.6 Å². The Kier molecular flexibility index (Phi) is 3.46. The van der Waals surface area contributed by atoms with Crippen LogP contribution in [0.15, 0.2) is 54.7 Å². The SMILES string of the molecule is Cc1cccc(COc2cccc(-c3cn[nH]n3)c2)c1. The summed E-state index contributed by atoms with van der Waals surface area (Å²) in [7, 11) is 0. The number of hydrogen-bond donors (Lipinski definition) is 1. The minimum absolute atomic E-state index is 0.559. The third-order valence-corrected chi connectivity index (χ3v) is 3.03. The van der Waals surface area contributed by atoms with E-state index in [1.807, 2.05) is 30.3 Å². The van der Waals surface area contributed by atoms with Crippen molar-refractivity contribution >= 4 is 0 Å². The molecule has 20 heavy (non-hydrogen) atoms. The molecule has 0 spiro atoms. The molecule has 4 nitrogen and oxygen atoms in total. The normalized spacial score (nSPS) is 10.4. The molecule has 0 bridgehead atoms. The first kappa shape index (κ1) is 12.4.